The predicted molar refractivity (Wildman–Crippen MR) is 69.2 cm³/mol. The topological polar surface area (TPSA) is 30.5 Å². The summed E-state index contributed by atoms with van der Waals surface area (Å²) in [5, 5.41) is 3.56. The zero-order chi connectivity index (χ0) is 12.1. The standard InChI is InChI=1S/C14H27NO2/c1-3-15-13-7-6-11(2)9-14(13)17-10-12-5-4-8-16-12/h11-15H,3-10H2,1-2H3. The zero-order valence-corrected chi connectivity index (χ0v) is 11.3. The fourth-order valence-corrected chi connectivity index (χ4v) is 3.02. The summed E-state index contributed by atoms with van der Waals surface area (Å²) >= 11 is 0. The number of nitrogens with one attached hydrogen (secondary N) is 1. The molecule has 0 aromatic rings. The second kappa shape index (κ2) is 6.72. The van der Waals surface area contributed by atoms with Crippen LogP contribution in [0.25, 0.3) is 0 Å². The van der Waals surface area contributed by atoms with Crippen LogP contribution in [0.2, 0.25) is 0 Å². The molecule has 1 saturated heterocycles. The second-order valence-corrected chi connectivity index (χ2v) is 5.59. The van der Waals surface area contributed by atoms with Crippen molar-refractivity contribution in [1.29, 1.82) is 0 Å². The van der Waals surface area contributed by atoms with Gasteiger partial charge in [-0.1, -0.05) is 13.8 Å². The van der Waals surface area contributed by atoms with Gasteiger partial charge in [0.2, 0.25) is 0 Å². The smallest absolute Gasteiger partial charge is 0.0809 e. The Morgan fingerprint density at radius 1 is 1.29 bits per heavy atom. The van der Waals surface area contributed by atoms with E-state index in [4.69, 9.17) is 9.47 Å². The summed E-state index contributed by atoms with van der Waals surface area (Å²) in [6.07, 6.45) is 6.91. The van der Waals surface area contributed by atoms with Crippen LogP contribution in [0.1, 0.15) is 46.0 Å². The van der Waals surface area contributed by atoms with Crippen molar-refractivity contribution in [2.45, 2.75) is 64.2 Å². The van der Waals surface area contributed by atoms with Crippen molar-refractivity contribution in [3.05, 3.63) is 0 Å². The van der Waals surface area contributed by atoms with Gasteiger partial charge < -0.3 is 14.8 Å². The van der Waals surface area contributed by atoms with Crippen LogP contribution in [-0.4, -0.2) is 38.0 Å². The van der Waals surface area contributed by atoms with Gasteiger partial charge in [0.05, 0.1) is 18.8 Å². The van der Waals surface area contributed by atoms with Crippen LogP contribution in [0.15, 0.2) is 0 Å². The van der Waals surface area contributed by atoms with Gasteiger partial charge in [-0.25, -0.2) is 0 Å². The van der Waals surface area contributed by atoms with E-state index < -0.39 is 0 Å². The van der Waals surface area contributed by atoms with Crippen LogP contribution in [0.3, 0.4) is 0 Å². The highest BCUT2D eigenvalue weighted by atomic mass is 16.5. The summed E-state index contributed by atoms with van der Waals surface area (Å²) in [6.45, 7) is 7.27. The van der Waals surface area contributed by atoms with E-state index in [1.54, 1.807) is 0 Å². The average molecular weight is 241 g/mol. The maximum atomic E-state index is 6.11. The molecule has 17 heavy (non-hydrogen) atoms. The first-order valence-corrected chi connectivity index (χ1v) is 7.26. The Morgan fingerprint density at radius 2 is 2.18 bits per heavy atom. The van der Waals surface area contributed by atoms with E-state index in [2.05, 4.69) is 19.2 Å². The maximum Gasteiger partial charge on any atom is 0.0809 e. The highest BCUT2D eigenvalue weighted by molar-refractivity contribution is 4.84. The molecule has 0 radical (unpaired) electrons. The normalized spacial score (nSPS) is 38.5. The van der Waals surface area contributed by atoms with Gasteiger partial charge in [0.1, 0.15) is 0 Å². The molecule has 1 saturated carbocycles. The van der Waals surface area contributed by atoms with Gasteiger partial charge in [0.15, 0.2) is 0 Å². The van der Waals surface area contributed by atoms with E-state index in [1.807, 2.05) is 0 Å². The molecule has 2 rings (SSSR count). The predicted octanol–water partition coefficient (Wildman–Crippen LogP) is 2.35. The molecule has 2 fully saturated rings. The number of rotatable bonds is 5. The summed E-state index contributed by atoms with van der Waals surface area (Å²) in [5.74, 6) is 0.805. The van der Waals surface area contributed by atoms with E-state index in [9.17, 15) is 0 Å². The molecule has 4 atom stereocenters. The monoisotopic (exact) mass is 241 g/mol. The lowest BCUT2D eigenvalue weighted by molar-refractivity contribution is -0.0523. The first kappa shape index (κ1) is 13.3. The van der Waals surface area contributed by atoms with Crippen molar-refractivity contribution in [3.63, 3.8) is 0 Å². The van der Waals surface area contributed by atoms with Crippen LogP contribution >= 0.6 is 0 Å². The van der Waals surface area contributed by atoms with E-state index in [0.29, 0.717) is 18.2 Å². The van der Waals surface area contributed by atoms with Crippen LogP contribution < -0.4 is 5.32 Å². The number of hydrogen-bond acceptors (Lipinski definition) is 3. The lowest BCUT2D eigenvalue weighted by atomic mass is 9.85. The first-order valence-electron chi connectivity index (χ1n) is 7.26. The van der Waals surface area contributed by atoms with Crippen molar-refractivity contribution < 1.29 is 9.47 Å². The Kier molecular flexibility index (Phi) is 5.26. The molecule has 3 heteroatoms. The minimum atomic E-state index is 0.356. The molecule has 3 nitrogen and oxygen atoms in total. The minimum Gasteiger partial charge on any atom is -0.376 e. The third-order valence-electron chi connectivity index (χ3n) is 4.04. The minimum absolute atomic E-state index is 0.356. The van der Waals surface area contributed by atoms with Crippen molar-refractivity contribution in [2.75, 3.05) is 19.8 Å². The molecule has 0 aromatic carbocycles. The molecule has 0 aromatic heterocycles. The summed E-state index contributed by atoms with van der Waals surface area (Å²) in [5.41, 5.74) is 0. The van der Waals surface area contributed by atoms with Gasteiger partial charge >= 0.3 is 0 Å². The number of ether oxygens (including phenoxy) is 2. The van der Waals surface area contributed by atoms with Crippen molar-refractivity contribution in [2.24, 2.45) is 5.92 Å². The van der Waals surface area contributed by atoms with E-state index in [1.165, 1.54) is 32.1 Å². The summed E-state index contributed by atoms with van der Waals surface area (Å²) < 4.78 is 11.7. The van der Waals surface area contributed by atoms with Crippen molar-refractivity contribution in [1.82, 2.24) is 5.32 Å². The third kappa shape index (κ3) is 3.94. The molecule has 1 heterocycles. The van der Waals surface area contributed by atoms with Gasteiger partial charge in [0.25, 0.3) is 0 Å². The Morgan fingerprint density at radius 3 is 2.88 bits per heavy atom. The molecule has 1 N–H and O–H groups in total. The van der Waals surface area contributed by atoms with E-state index in [-0.39, 0.29) is 0 Å². The summed E-state index contributed by atoms with van der Waals surface area (Å²) in [7, 11) is 0. The van der Waals surface area contributed by atoms with Gasteiger partial charge in [-0.15, -0.1) is 0 Å². The molecular weight excluding hydrogens is 214 g/mol. The molecule has 4 unspecified atom stereocenters. The van der Waals surface area contributed by atoms with Gasteiger partial charge in [-0.3, -0.25) is 0 Å². The summed E-state index contributed by atoms with van der Waals surface area (Å²) in [4.78, 5) is 0. The van der Waals surface area contributed by atoms with Gasteiger partial charge in [-0.05, 0) is 44.6 Å². The highest BCUT2D eigenvalue weighted by Crippen LogP contribution is 2.27. The average Bonchev–Trinajstić information content (AvgIpc) is 2.82. The molecule has 2 aliphatic rings. The van der Waals surface area contributed by atoms with Crippen LogP contribution in [0.4, 0.5) is 0 Å². The molecule has 0 spiro atoms. The number of likely N-dealkylation sites (N-methyl/N-ethyl adjacent to an activating group) is 1. The highest BCUT2D eigenvalue weighted by Gasteiger charge is 2.29. The largest absolute Gasteiger partial charge is 0.376 e. The summed E-state index contributed by atoms with van der Waals surface area (Å²) in [6, 6.07) is 0.553. The lowest BCUT2D eigenvalue weighted by Gasteiger charge is -2.35. The molecule has 1 aliphatic carbocycles. The Hall–Kier alpha value is -0.120. The fraction of sp³-hybridized carbons (Fsp3) is 1.00. The molecule has 0 amide bonds. The molecule has 100 valence electrons. The third-order valence-corrected chi connectivity index (χ3v) is 4.04. The second-order valence-electron chi connectivity index (χ2n) is 5.59. The quantitative estimate of drug-likeness (QED) is 0.801. The Labute approximate surface area is 105 Å². The molecule has 1 aliphatic heterocycles. The Balaban J connectivity index is 1.77. The zero-order valence-electron chi connectivity index (χ0n) is 11.3. The van der Waals surface area contributed by atoms with Gasteiger partial charge in [-0.2, -0.15) is 0 Å². The van der Waals surface area contributed by atoms with Crippen LogP contribution in [-0.2, 0) is 9.47 Å². The maximum absolute atomic E-state index is 6.11. The van der Waals surface area contributed by atoms with Crippen LogP contribution in [0, 0.1) is 5.92 Å². The van der Waals surface area contributed by atoms with E-state index in [0.717, 1.165) is 25.7 Å². The molecular formula is C14H27NO2. The van der Waals surface area contributed by atoms with Crippen LogP contribution in [0.5, 0.6) is 0 Å². The first-order chi connectivity index (χ1) is 8.29. The molecule has 0 bridgehead atoms. The lowest BCUT2D eigenvalue weighted by Crippen LogP contribution is -2.46. The van der Waals surface area contributed by atoms with E-state index >= 15 is 0 Å². The van der Waals surface area contributed by atoms with Gasteiger partial charge in [0, 0.05) is 12.6 Å². The number of hydrogen-bond donors (Lipinski definition) is 1. The van der Waals surface area contributed by atoms with Crippen molar-refractivity contribution in [3.8, 4) is 0 Å². The SMILES string of the molecule is CCNC1CCC(C)CC1OCC1CCCO1. The Bertz CT molecular complexity index is 216. The fourth-order valence-electron chi connectivity index (χ4n) is 3.02. The van der Waals surface area contributed by atoms with Crippen molar-refractivity contribution >= 4 is 0 Å².